The summed E-state index contributed by atoms with van der Waals surface area (Å²) in [5.74, 6) is -0.386. The summed E-state index contributed by atoms with van der Waals surface area (Å²) in [4.78, 5) is 30.0. The third-order valence-corrected chi connectivity index (χ3v) is 5.16. The summed E-state index contributed by atoms with van der Waals surface area (Å²) >= 11 is 0. The van der Waals surface area contributed by atoms with Gasteiger partial charge in [0, 0.05) is 30.4 Å². The molecule has 0 spiro atoms. The van der Waals surface area contributed by atoms with E-state index in [-0.39, 0.29) is 24.4 Å². The fraction of sp³-hybridized carbons (Fsp3) is 0.286. The minimum absolute atomic E-state index is 0.0737. The number of carbonyl (C=O) groups excluding carboxylic acids is 2. The standard InChI is InChI=1S/C21H23N5O2/c22-20(27)13-25-11-9-16(10-12-25)24-21(28)15-5-7-17(8-6-15)26-14-23-18-3-1-2-4-19(18)26/h1-8,14,16H,9-13H2,(H2,22,27)(H,24,28). The van der Waals surface area contributed by atoms with Crippen LogP contribution in [0.4, 0.5) is 0 Å². The van der Waals surface area contributed by atoms with E-state index in [1.54, 1.807) is 6.33 Å². The minimum atomic E-state index is -0.312. The van der Waals surface area contributed by atoms with E-state index in [0.29, 0.717) is 5.56 Å². The second-order valence-corrected chi connectivity index (χ2v) is 7.14. The lowest BCUT2D eigenvalue weighted by molar-refractivity contribution is -0.119. The molecule has 3 N–H and O–H groups in total. The molecule has 1 aromatic heterocycles. The van der Waals surface area contributed by atoms with Crippen LogP contribution in [0.3, 0.4) is 0 Å². The number of rotatable bonds is 5. The van der Waals surface area contributed by atoms with E-state index in [0.717, 1.165) is 42.7 Å². The number of imidazole rings is 1. The molecule has 0 radical (unpaired) electrons. The topological polar surface area (TPSA) is 93.3 Å². The van der Waals surface area contributed by atoms with Gasteiger partial charge in [-0.05, 0) is 49.2 Å². The molecule has 7 heteroatoms. The molecular weight excluding hydrogens is 354 g/mol. The average Bonchev–Trinajstić information content (AvgIpc) is 3.13. The number of hydrogen-bond acceptors (Lipinski definition) is 4. The molecule has 4 rings (SSSR count). The lowest BCUT2D eigenvalue weighted by Crippen LogP contribution is -2.46. The van der Waals surface area contributed by atoms with Gasteiger partial charge in [0.2, 0.25) is 5.91 Å². The summed E-state index contributed by atoms with van der Waals surface area (Å²) in [5, 5.41) is 3.09. The third kappa shape index (κ3) is 3.89. The molecule has 1 fully saturated rings. The van der Waals surface area contributed by atoms with E-state index < -0.39 is 0 Å². The van der Waals surface area contributed by atoms with E-state index in [1.165, 1.54) is 0 Å². The van der Waals surface area contributed by atoms with Gasteiger partial charge in [0.15, 0.2) is 0 Å². The molecular formula is C21H23N5O2. The second-order valence-electron chi connectivity index (χ2n) is 7.14. The Morgan fingerprint density at radius 1 is 1.07 bits per heavy atom. The fourth-order valence-corrected chi connectivity index (χ4v) is 3.66. The molecule has 0 aliphatic carbocycles. The van der Waals surface area contributed by atoms with Crippen LogP contribution in [-0.4, -0.2) is 51.9 Å². The van der Waals surface area contributed by atoms with E-state index >= 15 is 0 Å². The Morgan fingerprint density at radius 3 is 2.50 bits per heavy atom. The largest absolute Gasteiger partial charge is 0.369 e. The second kappa shape index (κ2) is 7.82. The number of benzene rings is 2. The zero-order valence-corrected chi connectivity index (χ0v) is 15.5. The predicted molar refractivity (Wildman–Crippen MR) is 107 cm³/mol. The molecule has 2 heterocycles. The molecule has 28 heavy (non-hydrogen) atoms. The monoisotopic (exact) mass is 377 g/mol. The number of likely N-dealkylation sites (tertiary alicyclic amines) is 1. The average molecular weight is 377 g/mol. The van der Waals surface area contributed by atoms with Gasteiger partial charge in [-0.2, -0.15) is 0 Å². The highest BCUT2D eigenvalue weighted by atomic mass is 16.2. The molecule has 0 saturated carbocycles. The van der Waals surface area contributed by atoms with Crippen molar-refractivity contribution < 1.29 is 9.59 Å². The molecule has 144 valence electrons. The number of nitrogens with two attached hydrogens (primary N) is 1. The van der Waals surface area contributed by atoms with Crippen LogP contribution in [0.5, 0.6) is 0 Å². The molecule has 2 aromatic carbocycles. The van der Waals surface area contributed by atoms with Crippen LogP contribution >= 0.6 is 0 Å². The SMILES string of the molecule is NC(=O)CN1CCC(NC(=O)c2ccc(-n3cnc4ccccc43)cc2)CC1. The molecule has 0 atom stereocenters. The number of nitrogens with zero attached hydrogens (tertiary/aromatic N) is 3. The number of amides is 2. The van der Waals surface area contributed by atoms with Gasteiger partial charge in [-0.1, -0.05) is 12.1 Å². The zero-order chi connectivity index (χ0) is 19.5. The van der Waals surface area contributed by atoms with Gasteiger partial charge in [-0.15, -0.1) is 0 Å². The molecule has 0 bridgehead atoms. The number of fused-ring (bicyclic) bond motifs is 1. The van der Waals surface area contributed by atoms with Crippen molar-refractivity contribution in [2.24, 2.45) is 5.73 Å². The van der Waals surface area contributed by atoms with Gasteiger partial charge in [0.25, 0.3) is 5.91 Å². The van der Waals surface area contributed by atoms with Crippen molar-refractivity contribution in [3.05, 3.63) is 60.4 Å². The number of piperidine rings is 1. The Morgan fingerprint density at radius 2 is 1.79 bits per heavy atom. The fourth-order valence-electron chi connectivity index (χ4n) is 3.66. The van der Waals surface area contributed by atoms with Crippen molar-refractivity contribution in [2.75, 3.05) is 19.6 Å². The summed E-state index contributed by atoms with van der Waals surface area (Å²) in [6, 6.07) is 15.6. The van der Waals surface area contributed by atoms with Gasteiger partial charge in [0.1, 0.15) is 6.33 Å². The Balaban J connectivity index is 1.39. The van der Waals surface area contributed by atoms with Crippen LogP contribution in [0.2, 0.25) is 0 Å². The number of para-hydroxylation sites is 2. The van der Waals surface area contributed by atoms with Crippen LogP contribution in [0.1, 0.15) is 23.2 Å². The molecule has 0 unspecified atom stereocenters. The first-order valence-electron chi connectivity index (χ1n) is 9.44. The lowest BCUT2D eigenvalue weighted by Gasteiger charge is -2.31. The highest BCUT2D eigenvalue weighted by Crippen LogP contribution is 2.18. The summed E-state index contributed by atoms with van der Waals surface area (Å²) in [7, 11) is 0. The number of hydrogen-bond donors (Lipinski definition) is 2. The summed E-state index contributed by atoms with van der Waals surface area (Å²) in [6.45, 7) is 1.81. The van der Waals surface area contributed by atoms with Crippen molar-refractivity contribution in [1.82, 2.24) is 19.8 Å². The molecule has 1 aliphatic heterocycles. The van der Waals surface area contributed by atoms with Crippen LogP contribution < -0.4 is 11.1 Å². The van der Waals surface area contributed by atoms with Crippen molar-refractivity contribution in [3.63, 3.8) is 0 Å². The van der Waals surface area contributed by atoms with Gasteiger partial charge in [0.05, 0.1) is 17.6 Å². The number of nitrogens with one attached hydrogen (secondary N) is 1. The Hall–Kier alpha value is -3.19. The third-order valence-electron chi connectivity index (χ3n) is 5.16. The van der Waals surface area contributed by atoms with Crippen molar-refractivity contribution in [3.8, 4) is 5.69 Å². The summed E-state index contributed by atoms with van der Waals surface area (Å²) < 4.78 is 2.01. The van der Waals surface area contributed by atoms with Crippen molar-refractivity contribution in [1.29, 1.82) is 0 Å². The summed E-state index contributed by atoms with van der Waals surface area (Å²) in [5.41, 5.74) is 8.80. The first-order valence-corrected chi connectivity index (χ1v) is 9.44. The minimum Gasteiger partial charge on any atom is -0.369 e. The molecule has 1 aliphatic rings. The van der Waals surface area contributed by atoms with E-state index in [9.17, 15) is 9.59 Å². The highest BCUT2D eigenvalue weighted by molar-refractivity contribution is 5.94. The molecule has 7 nitrogen and oxygen atoms in total. The van der Waals surface area contributed by atoms with Gasteiger partial charge in [-0.25, -0.2) is 4.98 Å². The first kappa shape index (κ1) is 18.2. The highest BCUT2D eigenvalue weighted by Gasteiger charge is 2.21. The van der Waals surface area contributed by atoms with Crippen LogP contribution in [0, 0.1) is 0 Å². The quantitative estimate of drug-likeness (QED) is 0.708. The number of aromatic nitrogens is 2. The maximum absolute atomic E-state index is 12.6. The Kier molecular flexibility index (Phi) is 5.08. The maximum Gasteiger partial charge on any atom is 0.251 e. The van der Waals surface area contributed by atoms with Crippen LogP contribution in [-0.2, 0) is 4.79 Å². The molecule has 2 amide bonds. The van der Waals surface area contributed by atoms with E-state index in [1.807, 2.05) is 58.0 Å². The Labute approximate surface area is 163 Å². The number of carbonyl (C=O) groups is 2. The first-order chi connectivity index (χ1) is 13.6. The molecule has 1 saturated heterocycles. The Bertz CT molecular complexity index is 987. The van der Waals surface area contributed by atoms with Crippen molar-refractivity contribution >= 4 is 22.8 Å². The van der Waals surface area contributed by atoms with Crippen LogP contribution in [0.25, 0.3) is 16.7 Å². The smallest absolute Gasteiger partial charge is 0.251 e. The predicted octanol–water partition coefficient (Wildman–Crippen LogP) is 1.71. The van der Waals surface area contributed by atoms with Gasteiger partial charge >= 0.3 is 0 Å². The zero-order valence-electron chi connectivity index (χ0n) is 15.5. The van der Waals surface area contributed by atoms with E-state index in [2.05, 4.69) is 10.3 Å². The van der Waals surface area contributed by atoms with E-state index in [4.69, 9.17) is 5.73 Å². The summed E-state index contributed by atoms with van der Waals surface area (Å²) in [6.07, 6.45) is 3.43. The molecule has 3 aromatic rings. The van der Waals surface area contributed by atoms with Crippen LogP contribution in [0.15, 0.2) is 54.9 Å². The lowest BCUT2D eigenvalue weighted by atomic mass is 10.0. The maximum atomic E-state index is 12.6. The normalized spacial score (nSPS) is 15.6. The number of primary amides is 1. The van der Waals surface area contributed by atoms with Gasteiger partial charge in [-0.3, -0.25) is 19.1 Å². The van der Waals surface area contributed by atoms with Gasteiger partial charge < -0.3 is 11.1 Å². The van der Waals surface area contributed by atoms with Crippen molar-refractivity contribution in [2.45, 2.75) is 18.9 Å².